The van der Waals surface area contributed by atoms with Crippen LogP contribution in [0.2, 0.25) is 0 Å². The predicted octanol–water partition coefficient (Wildman–Crippen LogP) is 4.92. The first-order chi connectivity index (χ1) is 14.4. The summed E-state index contributed by atoms with van der Waals surface area (Å²) in [5, 5.41) is 0.610. The van der Waals surface area contributed by atoms with Crippen molar-refractivity contribution in [1.82, 2.24) is 9.88 Å². The largest absolute Gasteiger partial charge is 0.573 e. The maximum atomic E-state index is 12.6. The molecule has 1 fully saturated rings. The highest BCUT2D eigenvalue weighted by Crippen LogP contribution is 2.45. The van der Waals surface area contributed by atoms with Crippen molar-refractivity contribution in [1.29, 1.82) is 0 Å². The van der Waals surface area contributed by atoms with Crippen molar-refractivity contribution in [3.63, 3.8) is 0 Å². The molecule has 1 unspecified atom stereocenters. The van der Waals surface area contributed by atoms with Crippen molar-refractivity contribution in [3.8, 4) is 11.5 Å². The Balaban J connectivity index is 1.65. The first-order valence-electron chi connectivity index (χ1n) is 9.03. The molecule has 5 nitrogen and oxygen atoms in total. The van der Waals surface area contributed by atoms with E-state index in [0.717, 1.165) is 16.5 Å². The van der Waals surface area contributed by atoms with Gasteiger partial charge in [-0.2, -0.15) is 0 Å². The van der Waals surface area contributed by atoms with Gasteiger partial charge in [0.25, 0.3) is 0 Å². The van der Waals surface area contributed by atoms with Crippen molar-refractivity contribution in [3.05, 3.63) is 65.9 Å². The Kier molecular flexibility index (Phi) is 5.46. The second-order valence-electron chi connectivity index (χ2n) is 6.63. The smallest absolute Gasteiger partial charge is 0.496 e. The van der Waals surface area contributed by atoms with Crippen molar-refractivity contribution in [2.45, 2.75) is 18.3 Å². The summed E-state index contributed by atoms with van der Waals surface area (Å²) in [7, 11) is 1.57. The van der Waals surface area contributed by atoms with Crippen LogP contribution in [0.4, 0.5) is 13.2 Å². The number of benzene rings is 2. The number of carbonyl (C=O) groups excluding carboxylic acids is 1. The van der Waals surface area contributed by atoms with E-state index in [9.17, 15) is 18.0 Å². The van der Waals surface area contributed by atoms with Gasteiger partial charge in [0, 0.05) is 18.1 Å². The number of halogens is 3. The fourth-order valence-corrected chi connectivity index (χ4v) is 4.66. The Labute approximate surface area is 174 Å². The minimum absolute atomic E-state index is 0.0596. The third-order valence-electron chi connectivity index (χ3n) is 4.72. The lowest BCUT2D eigenvalue weighted by molar-refractivity contribution is -0.274. The maximum absolute atomic E-state index is 12.6. The summed E-state index contributed by atoms with van der Waals surface area (Å²) in [5.41, 5.74) is 2.25. The summed E-state index contributed by atoms with van der Waals surface area (Å²) in [6.45, 7) is 0.245. The molecule has 1 saturated heterocycles. The quantitative estimate of drug-likeness (QED) is 0.571. The average Bonchev–Trinajstić information content (AvgIpc) is 3.07. The van der Waals surface area contributed by atoms with E-state index in [4.69, 9.17) is 4.74 Å². The van der Waals surface area contributed by atoms with E-state index < -0.39 is 6.36 Å². The molecule has 0 radical (unpaired) electrons. The molecule has 9 heteroatoms. The van der Waals surface area contributed by atoms with Gasteiger partial charge in [-0.3, -0.25) is 9.78 Å². The number of thioether (sulfide) groups is 1. The number of fused-ring (bicyclic) bond motifs is 1. The van der Waals surface area contributed by atoms with Crippen LogP contribution in [0, 0.1) is 0 Å². The maximum Gasteiger partial charge on any atom is 0.573 e. The Morgan fingerprint density at radius 3 is 2.63 bits per heavy atom. The van der Waals surface area contributed by atoms with Crippen molar-refractivity contribution in [2.24, 2.45) is 0 Å². The van der Waals surface area contributed by atoms with Crippen LogP contribution in [0.1, 0.15) is 16.5 Å². The second-order valence-corrected chi connectivity index (χ2v) is 7.70. The van der Waals surface area contributed by atoms with Gasteiger partial charge in [0.1, 0.15) is 16.9 Å². The van der Waals surface area contributed by atoms with Crippen LogP contribution in [0.15, 0.2) is 54.7 Å². The molecule has 0 spiro atoms. The normalized spacial score (nSPS) is 16.9. The topological polar surface area (TPSA) is 51.7 Å². The minimum Gasteiger partial charge on any atom is -0.496 e. The summed E-state index contributed by atoms with van der Waals surface area (Å²) in [6.07, 6.45) is -3.05. The number of hydrogen-bond acceptors (Lipinski definition) is 5. The van der Waals surface area contributed by atoms with Crippen LogP contribution in [-0.4, -0.2) is 35.0 Å². The molecule has 2 aromatic carbocycles. The number of pyridine rings is 1. The summed E-state index contributed by atoms with van der Waals surface area (Å²) in [6, 6.07) is 13.1. The van der Waals surface area contributed by atoms with Crippen LogP contribution < -0.4 is 9.47 Å². The van der Waals surface area contributed by atoms with E-state index in [-0.39, 0.29) is 23.6 Å². The molecule has 3 aromatic rings. The second kappa shape index (κ2) is 8.06. The number of rotatable bonds is 5. The number of methoxy groups -OCH3 is 1. The van der Waals surface area contributed by atoms with E-state index >= 15 is 0 Å². The van der Waals surface area contributed by atoms with Gasteiger partial charge >= 0.3 is 6.36 Å². The molecule has 156 valence electrons. The predicted molar refractivity (Wildman–Crippen MR) is 107 cm³/mol. The van der Waals surface area contributed by atoms with Gasteiger partial charge in [-0.05, 0) is 35.9 Å². The van der Waals surface area contributed by atoms with Gasteiger partial charge in [-0.25, -0.2) is 0 Å². The van der Waals surface area contributed by atoms with Crippen molar-refractivity contribution in [2.75, 3.05) is 12.9 Å². The molecule has 0 aliphatic carbocycles. The Hall–Kier alpha value is -2.94. The number of hydrogen-bond donors (Lipinski definition) is 0. The molecule has 30 heavy (non-hydrogen) atoms. The summed E-state index contributed by atoms with van der Waals surface area (Å²) in [5.74, 6) is 0.569. The lowest BCUT2D eigenvalue weighted by atomic mass is 10.1. The fraction of sp³-hybridized carbons (Fsp3) is 0.238. The third-order valence-corrected chi connectivity index (χ3v) is 5.94. The number of amides is 1. The lowest BCUT2D eigenvalue weighted by Crippen LogP contribution is -2.28. The van der Waals surface area contributed by atoms with Crippen LogP contribution in [0.3, 0.4) is 0 Å². The van der Waals surface area contributed by atoms with Gasteiger partial charge in [0.15, 0.2) is 0 Å². The Morgan fingerprint density at radius 2 is 1.93 bits per heavy atom. The zero-order chi connectivity index (χ0) is 21.3. The molecule has 0 bridgehead atoms. The standard InChI is InChI=1S/C21H17F3N2O3S/c1-28-16-9-6-14-3-2-10-25-19(14)18(16)20-26(17(27)12-30-20)11-13-4-7-15(8-5-13)29-21(22,23)24/h2-10,20H,11-12H2,1H3. The van der Waals surface area contributed by atoms with E-state index in [0.29, 0.717) is 17.1 Å². The third kappa shape index (κ3) is 4.16. The molecule has 2 heterocycles. The highest BCUT2D eigenvalue weighted by Gasteiger charge is 2.36. The molecule has 4 rings (SSSR count). The molecule has 1 aliphatic heterocycles. The van der Waals surface area contributed by atoms with Gasteiger partial charge in [0.2, 0.25) is 5.91 Å². The molecule has 1 atom stereocenters. The van der Waals surface area contributed by atoms with Gasteiger partial charge in [-0.1, -0.05) is 18.2 Å². The van der Waals surface area contributed by atoms with Crippen molar-refractivity contribution < 1.29 is 27.4 Å². The first-order valence-corrected chi connectivity index (χ1v) is 10.1. The van der Waals surface area contributed by atoms with Crippen LogP contribution in [-0.2, 0) is 11.3 Å². The first kappa shape index (κ1) is 20.3. The number of ether oxygens (including phenoxy) is 2. The van der Waals surface area contributed by atoms with Crippen LogP contribution >= 0.6 is 11.8 Å². The number of nitrogens with zero attached hydrogens (tertiary/aromatic N) is 2. The zero-order valence-corrected chi connectivity index (χ0v) is 16.7. The fourth-order valence-electron chi connectivity index (χ4n) is 3.42. The summed E-state index contributed by atoms with van der Waals surface area (Å²) < 4.78 is 46.5. The van der Waals surface area contributed by atoms with E-state index in [2.05, 4.69) is 9.72 Å². The number of aromatic nitrogens is 1. The van der Waals surface area contributed by atoms with Gasteiger partial charge in [0.05, 0.1) is 23.9 Å². The molecular formula is C21H17F3N2O3S. The summed E-state index contributed by atoms with van der Waals surface area (Å²) in [4.78, 5) is 18.8. The van der Waals surface area contributed by atoms with E-state index in [1.165, 1.54) is 36.0 Å². The zero-order valence-electron chi connectivity index (χ0n) is 15.8. The molecular weight excluding hydrogens is 417 g/mol. The monoisotopic (exact) mass is 434 g/mol. The Bertz CT molecular complexity index is 1070. The minimum atomic E-state index is -4.74. The molecule has 0 N–H and O–H groups in total. The molecule has 1 amide bonds. The van der Waals surface area contributed by atoms with Gasteiger partial charge in [-0.15, -0.1) is 24.9 Å². The summed E-state index contributed by atoms with van der Waals surface area (Å²) >= 11 is 1.47. The highest BCUT2D eigenvalue weighted by atomic mass is 32.2. The SMILES string of the molecule is COc1ccc2cccnc2c1C1SCC(=O)N1Cc1ccc(OC(F)(F)F)cc1. The lowest BCUT2D eigenvalue weighted by Gasteiger charge is -2.26. The Morgan fingerprint density at radius 1 is 1.17 bits per heavy atom. The van der Waals surface area contributed by atoms with Crippen molar-refractivity contribution >= 4 is 28.6 Å². The van der Waals surface area contributed by atoms with E-state index in [1.54, 1.807) is 18.2 Å². The van der Waals surface area contributed by atoms with Crippen LogP contribution in [0.5, 0.6) is 11.5 Å². The molecule has 1 aliphatic rings. The van der Waals surface area contributed by atoms with Crippen LogP contribution in [0.25, 0.3) is 10.9 Å². The highest BCUT2D eigenvalue weighted by molar-refractivity contribution is 8.00. The number of carbonyl (C=O) groups is 1. The molecule has 1 aromatic heterocycles. The average molecular weight is 434 g/mol. The van der Waals surface area contributed by atoms with E-state index in [1.807, 2.05) is 24.3 Å². The number of alkyl halides is 3. The van der Waals surface area contributed by atoms with Gasteiger partial charge < -0.3 is 14.4 Å². The molecule has 0 saturated carbocycles.